The lowest BCUT2D eigenvalue weighted by molar-refractivity contribution is 0.0527. The highest BCUT2D eigenvalue weighted by Crippen LogP contribution is 2.24. The number of esters is 1. The third-order valence-corrected chi connectivity index (χ3v) is 6.69. The van der Waals surface area contributed by atoms with Crippen molar-refractivity contribution in [3.8, 4) is 0 Å². The highest BCUT2D eigenvalue weighted by molar-refractivity contribution is 7.92. The highest BCUT2D eigenvalue weighted by Gasteiger charge is 2.21. The van der Waals surface area contributed by atoms with Gasteiger partial charge in [-0.15, -0.1) is 0 Å². The Bertz CT molecular complexity index is 1320. The zero-order chi connectivity index (χ0) is 24.2. The molecule has 3 rings (SSSR count). The van der Waals surface area contributed by atoms with E-state index in [1.165, 1.54) is 12.1 Å². The summed E-state index contributed by atoms with van der Waals surface area (Å²) in [5.41, 5.74) is 3.57. The predicted octanol–water partition coefficient (Wildman–Crippen LogP) is 4.84. The lowest BCUT2D eigenvalue weighted by Gasteiger charge is -2.14. The van der Waals surface area contributed by atoms with Crippen molar-refractivity contribution >= 4 is 33.3 Å². The average molecular weight is 467 g/mol. The molecule has 3 aromatic carbocycles. The molecule has 0 unspecified atom stereocenters. The van der Waals surface area contributed by atoms with Crippen LogP contribution in [0.5, 0.6) is 0 Å². The van der Waals surface area contributed by atoms with Gasteiger partial charge in [0.1, 0.15) is 0 Å². The second-order valence-electron chi connectivity index (χ2n) is 7.60. The van der Waals surface area contributed by atoms with E-state index in [1.54, 1.807) is 56.3 Å². The Morgan fingerprint density at radius 1 is 0.879 bits per heavy atom. The summed E-state index contributed by atoms with van der Waals surface area (Å²) in [7, 11) is -3.94. The summed E-state index contributed by atoms with van der Waals surface area (Å²) < 4.78 is 33.7. The first kappa shape index (κ1) is 24.0. The van der Waals surface area contributed by atoms with Gasteiger partial charge in [0.2, 0.25) is 0 Å². The fourth-order valence-corrected chi connectivity index (χ4v) is 4.54. The number of hydrogen-bond acceptors (Lipinski definition) is 5. The van der Waals surface area contributed by atoms with Crippen molar-refractivity contribution in [2.75, 3.05) is 16.6 Å². The third kappa shape index (κ3) is 5.59. The molecule has 7 nitrogen and oxygen atoms in total. The number of para-hydroxylation sites is 1. The summed E-state index contributed by atoms with van der Waals surface area (Å²) in [6.45, 7) is 7.40. The molecule has 3 aromatic rings. The van der Waals surface area contributed by atoms with Gasteiger partial charge in [0.25, 0.3) is 15.9 Å². The lowest BCUT2D eigenvalue weighted by atomic mass is 10.1. The van der Waals surface area contributed by atoms with Gasteiger partial charge in [-0.2, -0.15) is 0 Å². The Balaban J connectivity index is 1.89. The van der Waals surface area contributed by atoms with Crippen LogP contribution >= 0.6 is 0 Å². The number of carbonyl (C=O) groups is 2. The molecule has 0 saturated carbocycles. The van der Waals surface area contributed by atoms with Crippen molar-refractivity contribution in [2.45, 2.75) is 32.6 Å². The minimum absolute atomic E-state index is 0.00736. The van der Waals surface area contributed by atoms with E-state index in [2.05, 4.69) is 10.0 Å². The summed E-state index contributed by atoms with van der Waals surface area (Å²) in [6, 6.07) is 16.2. The molecule has 0 heterocycles. The maximum Gasteiger partial charge on any atom is 0.340 e. The number of amides is 1. The molecule has 8 heteroatoms. The van der Waals surface area contributed by atoms with Gasteiger partial charge in [0.05, 0.1) is 22.8 Å². The largest absolute Gasteiger partial charge is 0.462 e. The molecule has 0 atom stereocenters. The monoisotopic (exact) mass is 466 g/mol. The van der Waals surface area contributed by atoms with Crippen molar-refractivity contribution in [3.05, 3.63) is 88.5 Å². The second-order valence-corrected chi connectivity index (χ2v) is 9.26. The van der Waals surface area contributed by atoms with Gasteiger partial charge < -0.3 is 10.1 Å². The van der Waals surface area contributed by atoms with Crippen LogP contribution in [0.1, 0.15) is 44.3 Å². The van der Waals surface area contributed by atoms with Crippen molar-refractivity contribution in [2.24, 2.45) is 0 Å². The maximum atomic E-state index is 13.1. The number of nitrogens with one attached hydrogen (secondary N) is 2. The molecule has 0 saturated heterocycles. The summed E-state index contributed by atoms with van der Waals surface area (Å²) in [6.07, 6.45) is 0. The molecule has 0 aliphatic rings. The summed E-state index contributed by atoms with van der Waals surface area (Å²) in [4.78, 5) is 25.1. The standard InChI is InChI=1S/C25H26N2O5S/c1-5-32-25(29)21-8-6-7-9-22(21)26-24(28)19-12-10-17(3)23(15-19)33(30,31)27-20-13-11-16(2)18(4)14-20/h6-15,27H,5H2,1-4H3,(H,26,28). The summed E-state index contributed by atoms with van der Waals surface area (Å²) in [5, 5.41) is 2.67. The molecule has 0 spiro atoms. The van der Waals surface area contributed by atoms with E-state index >= 15 is 0 Å². The molecule has 0 fully saturated rings. The van der Waals surface area contributed by atoms with Crippen LogP contribution < -0.4 is 10.0 Å². The number of benzene rings is 3. The number of rotatable bonds is 7. The molecule has 172 valence electrons. The summed E-state index contributed by atoms with van der Waals surface area (Å²) >= 11 is 0. The molecule has 33 heavy (non-hydrogen) atoms. The topological polar surface area (TPSA) is 102 Å². The predicted molar refractivity (Wildman–Crippen MR) is 128 cm³/mol. The van der Waals surface area contributed by atoms with Crippen LogP contribution in [-0.2, 0) is 14.8 Å². The minimum Gasteiger partial charge on any atom is -0.462 e. The number of ether oxygens (including phenoxy) is 1. The first-order chi connectivity index (χ1) is 15.6. The first-order valence-electron chi connectivity index (χ1n) is 10.4. The molecular weight excluding hydrogens is 440 g/mol. The highest BCUT2D eigenvalue weighted by atomic mass is 32.2. The van der Waals surface area contributed by atoms with Crippen LogP contribution in [0.25, 0.3) is 0 Å². The number of hydrogen-bond donors (Lipinski definition) is 2. The first-order valence-corrected chi connectivity index (χ1v) is 11.9. The van der Waals surface area contributed by atoms with E-state index in [9.17, 15) is 18.0 Å². The molecular formula is C25H26N2O5S. The van der Waals surface area contributed by atoms with Gasteiger partial charge in [0.15, 0.2) is 0 Å². The molecule has 1 amide bonds. The third-order valence-electron chi connectivity index (χ3n) is 5.17. The van der Waals surface area contributed by atoms with Crippen LogP contribution in [0.15, 0.2) is 65.6 Å². The van der Waals surface area contributed by atoms with Crippen LogP contribution in [0.4, 0.5) is 11.4 Å². The Labute approximate surface area is 193 Å². The van der Waals surface area contributed by atoms with Crippen molar-refractivity contribution in [1.29, 1.82) is 0 Å². The molecule has 0 aromatic heterocycles. The van der Waals surface area contributed by atoms with Crippen LogP contribution in [0.2, 0.25) is 0 Å². The van der Waals surface area contributed by atoms with Crippen LogP contribution in [0.3, 0.4) is 0 Å². The quantitative estimate of drug-likeness (QED) is 0.485. The van der Waals surface area contributed by atoms with Crippen molar-refractivity contribution in [3.63, 3.8) is 0 Å². The fourth-order valence-electron chi connectivity index (χ4n) is 3.22. The molecule has 0 aliphatic heterocycles. The van der Waals surface area contributed by atoms with E-state index in [4.69, 9.17) is 4.74 Å². The van der Waals surface area contributed by atoms with E-state index < -0.39 is 21.9 Å². The zero-order valence-electron chi connectivity index (χ0n) is 18.9. The maximum absolute atomic E-state index is 13.1. The molecule has 0 radical (unpaired) electrons. The summed E-state index contributed by atoms with van der Waals surface area (Å²) in [5.74, 6) is -1.10. The number of anilines is 2. The SMILES string of the molecule is CCOC(=O)c1ccccc1NC(=O)c1ccc(C)c(S(=O)(=O)Nc2ccc(C)c(C)c2)c1. The Morgan fingerprint density at radius 2 is 1.58 bits per heavy atom. The van der Waals surface area contributed by atoms with Gasteiger partial charge in [-0.1, -0.05) is 24.3 Å². The van der Waals surface area contributed by atoms with Crippen LogP contribution in [0, 0.1) is 20.8 Å². The number of aryl methyl sites for hydroxylation is 3. The normalized spacial score (nSPS) is 11.0. The van der Waals surface area contributed by atoms with E-state index in [0.717, 1.165) is 11.1 Å². The smallest absolute Gasteiger partial charge is 0.340 e. The Kier molecular flexibility index (Phi) is 7.18. The molecule has 0 aliphatic carbocycles. The number of carbonyl (C=O) groups excluding carboxylic acids is 2. The van der Waals surface area contributed by atoms with Gasteiger partial charge >= 0.3 is 5.97 Å². The molecule has 2 N–H and O–H groups in total. The number of sulfonamides is 1. The fraction of sp³-hybridized carbons (Fsp3) is 0.200. The average Bonchev–Trinajstić information content (AvgIpc) is 2.76. The van der Waals surface area contributed by atoms with Crippen molar-refractivity contribution < 1.29 is 22.7 Å². The minimum atomic E-state index is -3.94. The second kappa shape index (κ2) is 9.87. The van der Waals surface area contributed by atoms with E-state index in [1.807, 2.05) is 19.9 Å². The molecule has 0 bridgehead atoms. The van der Waals surface area contributed by atoms with Crippen molar-refractivity contribution in [1.82, 2.24) is 0 Å². The Morgan fingerprint density at radius 3 is 2.27 bits per heavy atom. The van der Waals surface area contributed by atoms with Gasteiger partial charge in [-0.05, 0) is 80.8 Å². The van der Waals surface area contributed by atoms with E-state index in [-0.39, 0.29) is 28.3 Å². The van der Waals surface area contributed by atoms with Gasteiger partial charge in [0, 0.05) is 11.3 Å². The zero-order valence-corrected chi connectivity index (χ0v) is 19.7. The van der Waals surface area contributed by atoms with Gasteiger partial charge in [-0.3, -0.25) is 9.52 Å². The van der Waals surface area contributed by atoms with Crippen LogP contribution in [-0.4, -0.2) is 26.9 Å². The lowest BCUT2D eigenvalue weighted by Crippen LogP contribution is -2.18. The Hall–Kier alpha value is -3.65. The van der Waals surface area contributed by atoms with Gasteiger partial charge in [-0.25, -0.2) is 13.2 Å². The van der Waals surface area contributed by atoms with E-state index in [0.29, 0.717) is 11.3 Å².